The summed E-state index contributed by atoms with van der Waals surface area (Å²) in [6.07, 6.45) is 2.02. The minimum Gasteiger partial charge on any atom is -0.382 e. The summed E-state index contributed by atoms with van der Waals surface area (Å²) >= 11 is 2.39. The van der Waals surface area contributed by atoms with E-state index in [-0.39, 0.29) is 28.3 Å². The maximum Gasteiger partial charge on any atom is 0.277 e. The number of aromatic amines is 1. The van der Waals surface area contributed by atoms with Crippen LogP contribution in [-0.4, -0.2) is 45.5 Å². The van der Waals surface area contributed by atoms with E-state index >= 15 is 0 Å². The van der Waals surface area contributed by atoms with Gasteiger partial charge in [0.15, 0.2) is 16.7 Å². The number of carbonyl (C=O) groups is 2. The van der Waals surface area contributed by atoms with Crippen LogP contribution in [0.3, 0.4) is 0 Å². The van der Waals surface area contributed by atoms with Crippen LogP contribution in [-0.2, 0) is 4.79 Å². The second-order valence-corrected chi connectivity index (χ2v) is 8.33. The Bertz CT molecular complexity index is 873. The molecule has 144 valence electrons. The Morgan fingerprint density at radius 1 is 1.44 bits per heavy atom. The first-order valence-electron chi connectivity index (χ1n) is 8.59. The van der Waals surface area contributed by atoms with E-state index in [1.54, 1.807) is 17.5 Å². The zero-order valence-electron chi connectivity index (χ0n) is 14.9. The topological polar surface area (TPSA) is 121 Å². The van der Waals surface area contributed by atoms with Crippen molar-refractivity contribution >= 4 is 46.4 Å². The van der Waals surface area contributed by atoms with Gasteiger partial charge in [-0.3, -0.25) is 19.4 Å². The lowest BCUT2D eigenvalue weighted by Gasteiger charge is -2.30. The fourth-order valence-corrected chi connectivity index (χ4v) is 4.11. The van der Waals surface area contributed by atoms with Crippen LogP contribution in [0.2, 0.25) is 0 Å². The Kier molecular flexibility index (Phi) is 6.17. The van der Waals surface area contributed by atoms with Crippen molar-refractivity contribution in [1.82, 2.24) is 14.9 Å². The van der Waals surface area contributed by atoms with Crippen LogP contribution in [0.25, 0.3) is 0 Å². The van der Waals surface area contributed by atoms with Crippen molar-refractivity contribution in [2.24, 2.45) is 5.92 Å². The summed E-state index contributed by atoms with van der Waals surface area (Å²) in [5.41, 5.74) is 5.20. The number of hydrogen-bond acceptors (Lipinski definition) is 7. The van der Waals surface area contributed by atoms with E-state index in [4.69, 9.17) is 5.73 Å². The third-order valence-corrected chi connectivity index (χ3v) is 6.10. The lowest BCUT2D eigenvalue weighted by atomic mass is 9.99. The van der Waals surface area contributed by atoms with Gasteiger partial charge in [-0.05, 0) is 30.2 Å². The standard InChI is InChI=1S/C17H21N5O3S2/c1-10-4-6-22(7-5-10)12(23)9-27-17-20-14(18)13(16(25)21-17)19-15(24)11-3-2-8-26-11/h2-3,8,10H,4-7,9H2,1H3,(H,19,24)(H3,18,20,21,25). The maximum absolute atomic E-state index is 12.3. The summed E-state index contributed by atoms with van der Waals surface area (Å²) in [7, 11) is 0. The molecule has 0 aliphatic carbocycles. The summed E-state index contributed by atoms with van der Waals surface area (Å²) in [5.74, 6) is 0.349. The zero-order valence-corrected chi connectivity index (χ0v) is 16.5. The summed E-state index contributed by atoms with van der Waals surface area (Å²) in [5, 5.41) is 4.50. The smallest absolute Gasteiger partial charge is 0.277 e. The molecule has 8 nitrogen and oxygen atoms in total. The number of thioether (sulfide) groups is 1. The Morgan fingerprint density at radius 3 is 2.81 bits per heavy atom. The SMILES string of the molecule is CC1CCN(C(=O)CSc2nc(N)c(NC(=O)c3cccs3)c(=O)[nH]2)CC1. The van der Waals surface area contributed by atoms with Gasteiger partial charge in [0.2, 0.25) is 5.91 Å². The lowest BCUT2D eigenvalue weighted by molar-refractivity contribution is -0.129. The van der Waals surface area contributed by atoms with Gasteiger partial charge in [0, 0.05) is 13.1 Å². The van der Waals surface area contributed by atoms with Crippen molar-refractivity contribution in [3.63, 3.8) is 0 Å². The molecular formula is C17H21N5O3S2. The van der Waals surface area contributed by atoms with E-state index in [0.29, 0.717) is 10.8 Å². The molecule has 2 aromatic heterocycles. The molecule has 0 bridgehead atoms. The largest absolute Gasteiger partial charge is 0.382 e. The Morgan fingerprint density at radius 2 is 2.19 bits per heavy atom. The minimum absolute atomic E-state index is 0.0168. The number of piperidine rings is 1. The monoisotopic (exact) mass is 407 g/mol. The van der Waals surface area contributed by atoms with Crippen LogP contribution in [0.1, 0.15) is 29.4 Å². The van der Waals surface area contributed by atoms with Crippen molar-refractivity contribution in [3.05, 3.63) is 32.7 Å². The third-order valence-electron chi connectivity index (χ3n) is 4.38. The number of carbonyl (C=O) groups excluding carboxylic acids is 2. The van der Waals surface area contributed by atoms with E-state index in [1.807, 2.05) is 4.90 Å². The fraction of sp³-hybridized carbons (Fsp3) is 0.412. The normalized spacial score (nSPS) is 14.9. The Balaban J connectivity index is 1.62. The highest BCUT2D eigenvalue weighted by molar-refractivity contribution is 7.99. The first-order chi connectivity index (χ1) is 12.9. The van der Waals surface area contributed by atoms with Gasteiger partial charge in [0.25, 0.3) is 11.5 Å². The average Bonchev–Trinajstić information content (AvgIpc) is 3.18. The number of nitrogen functional groups attached to an aromatic ring is 1. The molecule has 27 heavy (non-hydrogen) atoms. The highest BCUT2D eigenvalue weighted by Gasteiger charge is 2.21. The van der Waals surface area contributed by atoms with Gasteiger partial charge in [-0.1, -0.05) is 24.8 Å². The molecule has 1 saturated heterocycles. The molecule has 0 atom stereocenters. The molecule has 0 saturated carbocycles. The number of nitrogens with zero attached hydrogens (tertiary/aromatic N) is 2. The summed E-state index contributed by atoms with van der Waals surface area (Å²) < 4.78 is 0. The number of rotatable bonds is 5. The van der Waals surface area contributed by atoms with E-state index in [2.05, 4.69) is 22.2 Å². The van der Waals surface area contributed by atoms with Crippen molar-refractivity contribution in [2.75, 3.05) is 29.9 Å². The molecule has 0 aromatic carbocycles. The Hall–Kier alpha value is -2.33. The lowest BCUT2D eigenvalue weighted by Crippen LogP contribution is -2.39. The molecule has 2 amide bonds. The predicted molar refractivity (Wildman–Crippen MR) is 107 cm³/mol. The quantitative estimate of drug-likeness (QED) is 0.515. The predicted octanol–water partition coefficient (Wildman–Crippen LogP) is 2.02. The molecule has 0 spiro atoms. The van der Waals surface area contributed by atoms with Crippen molar-refractivity contribution in [3.8, 4) is 0 Å². The highest BCUT2D eigenvalue weighted by atomic mass is 32.2. The summed E-state index contributed by atoms with van der Waals surface area (Å²) in [6.45, 7) is 3.72. The molecule has 1 fully saturated rings. The number of aromatic nitrogens is 2. The number of thiophene rings is 1. The second kappa shape index (κ2) is 8.57. The Labute approximate surface area is 164 Å². The number of H-pyrrole nitrogens is 1. The van der Waals surface area contributed by atoms with E-state index in [0.717, 1.165) is 37.7 Å². The molecule has 1 aliphatic rings. The van der Waals surface area contributed by atoms with Gasteiger partial charge in [0.1, 0.15) is 0 Å². The molecule has 4 N–H and O–H groups in total. The number of amides is 2. The molecule has 2 aromatic rings. The maximum atomic E-state index is 12.3. The van der Waals surface area contributed by atoms with Gasteiger partial charge in [-0.25, -0.2) is 4.98 Å². The third kappa shape index (κ3) is 4.89. The first-order valence-corrected chi connectivity index (χ1v) is 10.5. The number of nitrogens with one attached hydrogen (secondary N) is 2. The minimum atomic E-state index is -0.547. The van der Waals surface area contributed by atoms with Gasteiger partial charge in [0.05, 0.1) is 10.6 Å². The van der Waals surface area contributed by atoms with Gasteiger partial charge in [-0.15, -0.1) is 11.3 Å². The van der Waals surface area contributed by atoms with Crippen molar-refractivity contribution in [2.45, 2.75) is 24.9 Å². The van der Waals surface area contributed by atoms with Gasteiger partial charge < -0.3 is 16.0 Å². The number of hydrogen-bond donors (Lipinski definition) is 3. The molecule has 1 aliphatic heterocycles. The van der Waals surface area contributed by atoms with E-state index < -0.39 is 11.5 Å². The molecule has 0 radical (unpaired) electrons. The first kappa shape index (κ1) is 19.4. The van der Waals surface area contributed by atoms with Gasteiger partial charge >= 0.3 is 0 Å². The van der Waals surface area contributed by atoms with Crippen LogP contribution >= 0.6 is 23.1 Å². The molecular weight excluding hydrogens is 386 g/mol. The van der Waals surface area contributed by atoms with Gasteiger partial charge in [-0.2, -0.15) is 0 Å². The van der Waals surface area contributed by atoms with Crippen LogP contribution in [0, 0.1) is 5.92 Å². The molecule has 0 unspecified atom stereocenters. The average molecular weight is 408 g/mol. The van der Waals surface area contributed by atoms with E-state index in [1.165, 1.54) is 11.3 Å². The second-order valence-electron chi connectivity index (χ2n) is 6.41. The van der Waals surface area contributed by atoms with E-state index in [9.17, 15) is 14.4 Å². The van der Waals surface area contributed by atoms with Crippen LogP contribution in [0.4, 0.5) is 11.5 Å². The molecule has 3 heterocycles. The summed E-state index contributed by atoms with van der Waals surface area (Å²) in [4.78, 5) is 45.6. The van der Waals surface area contributed by atoms with Crippen LogP contribution in [0.15, 0.2) is 27.5 Å². The number of anilines is 2. The number of nitrogens with two attached hydrogens (primary N) is 1. The summed E-state index contributed by atoms with van der Waals surface area (Å²) in [6, 6.07) is 3.39. The molecule has 3 rings (SSSR count). The zero-order chi connectivity index (χ0) is 19.4. The van der Waals surface area contributed by atoms with Crippen LogP contribution < -0.4 is 16.6 Å². The van der Waals surface area contributed by atoms with Crippen molar-refractivity contribution in [1.29, 1.82) is 0 Å². The highest BCUT2D eigenvalue weighted by Crippen LogP contribution is 2.20. The molecule has 10 heteroatoms. The fourth-order valence-electron chi connectivity index (χ4n) is 2.72. The van der Waals surface area contributed by atoms with Crippen LogP contribution in [0.5, 0.6) is 0 Å². The number of likely N-dealkylation sites (tertiary alicyclic amines) is 1. The van der Waals surface area contributed by atoms with Crippen molar-refractivity contribution < 1.29 is 9.59 Å².